The van der Waals surface area contributed by atoms with Crippen molar-refractivity contribution in [2.75, 3.05) is 13.6 Å². The summed E-state index contributed by atoms with van der Waals surface area (Å²) < 4.78 is 0. The maximum Gasteiger partial charge on any atom is 0.242 e. The highest BCUT2D eigenvalue weighted by Gasteiger charge is 2.31. The largest absolute Gasteiger partial charge is 0.352 e. The van der Waals surface area contributed by atoms with E-state index in [1.807, 2.05) is 6.92 Å². The van der Waals surface area contributed by atoms with Crippen LogP contribution in [0, 0.1) is 0 Å². The molecule has 0 heterocycles. The van der Waals surface area contributed by atoms with Crippen LogP contribution in [0.25, 0.3) is 0 Å². The second-order valence-electron chi connectivity index (χ2n) is 5.17. The summed E-state index contributed by atoms with van der Waals surface area (Å²) in [5, 5.41) is 2.85. The van der Waals surface area contributed by atoms with E-state index in [0.29, 0.717) is 12.5 Å². The first-order chi connectivity index (χ1) is 7.86. The van der Waals surface area contributed by atoms with Gasteiger partial charge in [0.1, 0.15) is 0 Å². The molecule has 0 aromatic rings. The van der Waals surface area contributed by atoms with Crippen LogP contribution in [0.5, 0.6) is 0 Å². The Labute approximate surface area is 103 Å². The smallest absolute Gasteiger partial charge is 0.242 e. The van der Waals surface area contributed by atoms with Gasteiger partial charge >= 0.3 is 0 Å². The molecule has 0 aromatic heterocycles. The molecule has 0 bridgehead atoms. The predicted octanol–water partition coefficient (Wildman–Crippen LogP) is 0.241. The van der Waals surface area contributed by atoms with E-state index in [9.17, 15) is 9.59 Å². The molecule has 1 rings (SSSR count). The van der Waals surface area contributed by atoms with Crippen LogP contribution in [0.1, 0.15) is 39.5 Å². The van der Waals surface area contributed by atoms with Crippen molar-refractivity contribution >= 4 is 11.8 Å². The molecule has 0 saturated heterocycles. The molecular formula is C12H23N3O2. The zero-order valence-electron chi connectivity index (χ0n) is 11.0. The number of likely N-dealkylation sites (N-methyl/N-ethyl adjacent to an activating group) is 1. The Bertz CT molecular complexity index is 298. The van der Waals surface area contributed by atoms with Gasteiger partial charge in [0.25, 0.3) is 0 Å². The number of rotatable bonds is 6. The van der Waals surface area contributed by atoms with Crippen LogP contribution in [-0.2, 0) is 9.59 Å². The number of amides is 2. The summed E-state index contributed by atoms with van der Waals surface area (Å²) in [7, 11) is 1.62. The zero-order valence-corrected chi connectivity index (χ0v) is 11.0. The van der Waals surface area contributed by atoms with E-state index in [0.717, 1.165) is 19.3 Å². The standard InChI is InChI=1S/C12H23N3O2/c1-4-7-12(2,13)11(17)15(3)8-10(16)14-9-5-6-9/h9H,4-8,13H2,1-3H3,(H,14,16). The Morgan fingerprint density at radius 3 is 2.53 bits per heavy atom. The lowest BCUT2D eigenvalue weighted by Gasteiger charge is -2.28. The quantitative estimate of drug-likeness (QED) is 0.699. The summed E-state index contributed by atoms with van der Waals surface area (Å²) in [5.74, 6) is -0.277. The van der Waals surface area contributed by atoms with Crippen molar-refractivity contribution in [3.63, 3.8) is 0 Å². The van der Waals surface area contributed by atoms with Crippen LogP contribution in [-0.4, -0.2) is 41.9 Å². The van der Waals surface area contributed by atoms with Gasteiger partial charge in [-0.2, -0.15) is 0 Å². The zero-order chi connectivity index (χ0) is 13.1. The first kappa shape index (κ1) is 14.0. The number of nitrogens with zero attached hydrogens (tertiary/aromatic N) is 1. The Balaban J connectivity index is 2.41. The van der Waals surface area contributed by atoms with Gasteiger partial charge in [-0.3, -0.25) is 9.59 Å². The molecular weight excluding hydrogens is 218 g/mol. The molecule has 0 spiro atoms. The third-order valence-corrected chi connectivity index (χ3v) is 2.93. The molecule has 1 fully saturated rings. The normalized spacial score (nSPS) is 18.4. The molecule has 0 aliphatic heterocycles. The van der Waals surface area contributed by atoms with Crippen molar-refractivity contribution in [1.82, 2.24) is 10.2 Å². The van der Waals surface area contributed by atoms with Crippen LogP contribution < -0.4 is 11.1 Å². The van der Waals surface area contributed by atoms with Gasteiger partial charge in [0.15, 0.2) is 0 Å². The van der Waals surface area contributed by atoms with Crippen LogP contribution in [0.15, 0.2) is 0 Å². The minimum absolute atomic E-state index is 0.0891. The molecule has 1 unspecified atom stereocenters. The summed E-state index contributed by atoms with van der Waals surface area (Å²) >= 11 is 0. The number of nitrogens with one attached hydrogen (secondary N) is 1. The maximum absolute atomic E-state index is 12.0. The van der Waals surface area contributed by atoms with Crippen LogP contribution in [0.4, 0.5) is 0 Å². The minimum Gasteiger partial charge on any atom is -0.352 e. The molecule has 0 radical (unpaired) electrons. The lowest BCUT2D eigenvalue weighted by atomic mass is 9.96. The topological polar surface area (TPSA) is 75.4 Å². The first-order valence-corrected chi connectivity index (χ1v) is 6.20. The predicted molar refractivity (Wildman–Crippen MR) is 66.3 cm³/mol. The molecule has 1 atom stereocenters. The molecule has 1 aliphatic carbocycles. The molecule has 1 saturated carbocycles. The highest BCUT2D eigenvalue weighted by atomic mass is 16.2. The fourth-order valence-corrected chi connectivity index (χ4v) is 1.85. The summed E-state index contributed by atoms with van der Waals surface area (Å²) in [4.78, 5) is 25.0. The van der Waals surface area contributed by atoms with Crippen molar-refractivity contribution in [3.8, 4) is 0 Å². The van der Waals surface area contributed by atoms with E-state index in [2.05, 4.69) is 5.32 Å². The van der Waals surface area contributed by atoms with Gasteiger partial charge in [-0.15, -0.1) is 0 Å². The second-order valence-corrected chi connectivity index (χ2v) is 5.17. The van der Waals surface area contributed by atoms with Gasteiger partial charge in [-0.25, -0.2) is 0 Å². The molecule has 2 amide bonds. The molecule has 3 N–H and O–H groups in total. The third-order valence-electron chi connectivity index (χ3n) is 2.93. The molecule has 1 aliphatic rings. The SMILES string of the molecule is CCCC(C)(N)C(=O)N(C)CC(=O)NC1CC1. The summed E-state index contributed by atoms with van der Waals surface area (Å²) in [5.41, 5.74) is 5.07. The van der Waals surface area contributed by atoms with Gasteiger partial charge < -0.3 is 16.0 Å². The second kappa shape index (κ2) is 5.49. The average molecular weight is 241 g/mol. The fourth-order valence-electron chi connectivity index (χ4n) is 1.85. The third kappa shape index (κ3) is 4.34. The van der Waals surface area contributed by atoms with Gasteiger partial charge in [0.05, 0.1) is 12.1 Å². The van der Waals surface area contributed by atoms with E-state index in [1.165, 1.54) is 4.90 Å². The molecule has 5 nitrogen and oxygen atoms in total. The summed E-state index contributed by atoms with van der Waals surface area (Å²) in [6.07, 6.45) is 3.57. The molecule has 0 aromatic carbocycles. The minimum atomic E-state index is -0.872. The van der Waals surface area contributed by atoms with Gasteiger partial charge in [-0.1, -0.05) is 13.3 Å². The Kier molecular flexibility index (Phi) is 4.51. The number of carbonyl (C=O) groups excluding carboxylic acids is 2. The molecule has 17 heavy (non-hydrogen) atoms. The highest BCUT2D eigenvalue weighted by molar-refractivity contribution is 5.89. The average Bonchev–Trinajstić information content (AvgIpc) is 3.00. The summed E-state index contributed by atoms with van der Waals surface area (Å²) in [6, 6.07) is 0.325. The summed E-state index contributed by atoms with van der Waals surface area (Å²) in [6.45, 7) is 3.79. The number of hydrogen-bond acceptors (Lipinski definition) is 3. The number of nitrogens with two attached hydrogens (primary N) is 1. The van der Waals surface area contributed by atoms with Crippen molar-refractivity contribution in [3.05, 3.63) is 0 Å². The van der Waals surface area contributed by atoms with E-state index in [1.54, 1.807) is 14.0 Å². The van der Waals surface area contributed by atoms with Crippen LogP contribution in [0.3, 0.4) is 0 Å². The van der Waals surface area contributed by atoms with Gasteiger partial charge in [0.2, 0.25) is 11.8 Å². The molecule has 5 heteroatoms. The van der Waals surface area contributed by atoms with E-state index >= 15 is 0 Å². The number of hydrogen-bond donors (Lipinski definition) is 2. The Morgan fingerprint density at radius 1 is 1.47 bits per heavy atom. The highest BCUT2D eigenvalue weighted by Crippen LogP contribution is 2.18. The van der Waals surface area contributed by atoms with Crippen molar-refractivity contribution in [2.45, 2.75) is 51.1 Å². The van der Waals surface area contributed by atoms with Crippen molar-refractivity contribution in [1.29, 1.82) is 0 Å². The van der Waals surface area contributed by atoms with Crippen LogP contribution in [0.2, 0.25) is 0 Å². The fraction of sp³-hybridized carbons (Fsp3) is 0.833. The lowest BCUT2D eigenvalue weighted by Crippen LogP contribution is -2.53. The van der Waals surface area contributed by atoms with Crippen molar-refractivity contribution < 1.29 is 9.59 Å². The molecule has 98 valence electrons. The first-order valence-electron chi connectivity index (χ1n) is 6.20. The Morgan fingerprint density at radius 2 is 2.06 bits per heavy atom. The van der Waals surface area contributed by atoms with Gasteiger partial charge in [-0.05, 0) is 26.2 Å². The van der Waals surface area contributed by atoms with Crippen LogP contribution >= 0.6 is 0 Å². The Hall–Kier alpha value is -1.10. The number of carbonyl (C=O) groups is 2. The monoisotopic (exact) mass is 241 g/mol. The van der Waals surface area contributed by atoms with E-state index < -0.39 is 5.54 Å². The van der Waals surface area contributed by atoms with Crippen molar-refractivity contribution in [2.24, 2.45) is 5.73 Å². The van der Waals surface area contributed by atoms with E-state index in [4.69, 9.17) is 5.73 Å². The maximum atomic E-state index is 12.0. The lowest BCUT2D eigenvalue weighted by molar-refractivity contribution is -0.139. The van der Waals surface area contributed by atoms with Gasteiger partial charge in [0, 0.05) is 13.1 Å². The van der Waals surface area contributed by atoms with E-state index in [-0.39, 0.29) is 18.4 Å².